The van der Waals surface area contributed by atoms with Crippen LogP contribution in [0.1, 0.15) is 87.8 Å². The maximum Gasteiger partial charge on any atom is 0.131 e. The molecule has 0 radical (unpaired) electrons. The molecule has 156 valence electrons. The zero-order valence-corrected chi connectivity index (χ0v) is 17.7. The van der Waals surface area contributed by atoms with Crippen molar-refractivity contribution in [2.24, 2.45) is 0 Å². The Bertz CT molecular complexity index is 840. The molecule has 1 aliphatic carbocycles. The van der Waals surface area contributed by atoms with Gasteiger partial charge in [0.05, 0.1) is 5.92 Å². The number of hydrogen-bond acceptors (Lipinski definition) is 1. The van der Waals surface area contributed by atoms with E-state index >= 15 is 4.39 Å². The van der Waals surface area contributed by atoms with Crippen molar-refractivity contribution >= 4 is 11.3 Å². The number of anilines is 1. The van der Waals surface area contributed by atoms with Crippen molar-refractivity contribution in [3.8, 4) is 0 Å². The summed E-state index contributed by atoms with van der Waals surface area (Å²) in [5.74, 6) is -1.11. The zero-order valence-electron chi connectivity index (χ0n) is 17.7. The molecule has 0 bridgehead atoms. The Kier molecular flexibility index (Phi) is 7.85. The van der Waals surface area contributed by atoms with Gasteiger partial charge in [-0.15, -0.1) is 0 Å². The first kappa shape index (κ1) is 21.5. The van der Waals surface area contributed by atoms with Gasteiger partial charge in [0.2, 0.25) is 0 Å². The van der Waals surface area contributed by atoms with Gasteiger partial charge in [0.25, 0.3) is 0 Å². The van der Waals surface area contributed by atoms with Crippen molar-refractivity contribution in [3.63, 3.8) is 0 Å². The van der Waals surface area contributed by atoms with Crippen LogP contribution in [-0.2, 0) is 0 Å². The fourth-order valence-electron chi connectivity index (χ4n) is 4.35. The second kappa shape index (κ2) is 10.6. The summed E-state index contributed by atoms with van der Waals surface area (Å²) in [6, 6.07) is 12.8. The number of allylic oxidation sites excluding steroid dienone is 2. The molecule has 0 saturated heterocycles. The third kappa shape index (κ3) is 5.07. The molecule has 0 aromatic heterocycles. The highest BCUT2D eigenvalue weighted by Crippen LogP contribution is 2.48. The molecule has 3 rings (SSSR count). The molecular weight excluding hydrogens is 364 g/mol. The molecule has 0 spiro atoms. The van der Waals surface area contributed by atoms with Crippen LogP contribution in [0, 0.1) is 5.82 Å². The molecular formula is C26H33F2N. The summed E-state index contributed by atoms with van der Waals surface area (Å²) in [7, 11) is 0. The van der Waals surface area contributed by atoms with Crippen molar-refractivity contribution in [3.05, 3.63) is 70.8 Å². The molecule has 29 heavy (non-hydrogen) atoms. The van der Waals surface area contributed by atoms with E-state index in [0.717, 1.165) is 29.8 Å². The van der Waals surface area contributed by atoms with E-state index in [2.05, 4.69) is 12.2 Å². The van der Waals surface area contributed by atoms with E-state index in [1.807, 2.05) is 30.3 Å². The summed E-state index contributed by atoms with van der Waals surface area (Å²) in [6.07, 6.45) is 10.2. The van der Waals surface area contributed by atoms with Gasteiger partial charge in [0.15, 0.2) is 0 Å². The van der Waals surface area contributed by atoms with E-state index < -0.39 is 5.92 Å². The highest BCUT2D eigenvalue weighted by molar-refractivity contribution is 5.79. The Morgan fingerprint density at radius 3 is 2.21 bits per heavy atom. The summed E-state index contributed by atoms with van der Waals surface area (Å²) >= 11 is 0. The molecule has 0 saturated carbocycles. The molecule has 1 aliphatic rings. The summed E-state index contributed by atoms with van der Waals surface area (Å²) in [5, 5.41) is 3.50. The summed E-state index contributed by atoms with van der Waals surface area (Å²) in [5.41, 5.74) is 3.39. The lowest BCUT2D eigenvalue weighted by molar-refractivity contribution is 0.580. The van der Waals surface area contributed by atoms with Gasteiger partial charge in [0.1, 0.15) is 11.6 Å². The van der Waals surface area contributed by atoms with E-state index in [0.29, 0.717) is 11.1 Å². The van der Waals surface area contributed by atoms with Crippen LogP contribution < -0.4 is 5.32 Å². The van der Waals surface area contributed by atoms with Crippen molar-refractivity contribution in [2.45, 2.75) is 71.1 Å². The number of unbranched alkanes of at least 4 members (excludes halogenated alkanes) is 7. The van der Waals surface area contributed by atoms with Crippen LogP contribution in [0.2, 0.25) is 0 Å². The molecule has 3 heteroatoms. The normalized spacial score (nSPS) is 15.7. The Hall–Kier alpha value is -2.16. The van der Waals surface area contributed by atoms with Crippen molar-refractivity contribution < 1.29 is 8.78 Å². The Morgan fingerprint density at radius 2 is 1.45 bits per heavy atom. The number of halogens is 2. The highest BCUT2D eigenvalue weighted by atomic mass is 19.1. The second-order valence-electron chi connectivity index (χ2n) is 8.10. The van der Waals surface area contributed by atoms with Crippen molar-refractivity contribution in [1.82, 2.24) is 0 Å². The van der Waals surface area contributed by atoms with E-state index in [9.17, 15) is 4.39 Å². The SMILES string of the molecule is CCCCCCCCCCNc1ccccc1C1C(F)=C(C)c2c(F)cccc21. The maximum atomic E-state index is 15.1. The first-order valence-corrected chi connectivity index (χ1v) is 11.1. The molecule has 0 heterocycles. The number of fused-ring (bicyclic) bond motifs is 1. The quantitative estimate of drug-likeness (QED) is 0.377. The van der Waals surface area contributed by atoms with E-state index in [-0.39, 0.29) is 11.6 Å². The number of benzene rings is 2. The smallest absolute Gasteiger partial charge is 0.131 e. The molecule has 2 aromatic rings. The average molecular weight is 398 g/mol. The minimum absolute atomic E-state index is 0.244. The third-order valence-corrected chi connectivity index (χ3v) is 5.96. The summed E-state index contributed by atoms with van der Waals surface area (Å²) in [4.78, 5) is 0. The molecule has 0 aliphatic heterocycles. The highest BCUT2D eigenvalue weighted by Gasteiger charge is 2.34. The Labute approximate surface area is 174 Å². The van der Waals surface area contributed by atoms with Gasteiger partial charge < -0.3 is 5.32 Å². The van der Waals surface area contributed by atoms with E-state index in [1.54, 1.807) is 13.0 Å². The molecule has 2 aromatic carbocycles. The van der Waals surface area contributed by atoms with E-state index in [1.165, 1.54) is 51.0 Å². The van der Waals surface area contributed by atoms with Crippen LogP contribution >= 0.6 is 0 Å². The van der Waals surface area contributed by atoms with Gasteiger partial charge in [-0.3, -0.25) is 0 Å². The van der Waals surface area contributed by atoms with Crippen LogP contribution in [0.3, 0.4) is 0 Å². The predicted molar refractivity (Wildman–Crippen MR) is 119 cm³/mol. The van der Waals surface area contributed by atoms with Crippen LogP contribution in [0.15, 0.2) is 48.3 Å². The topological polar surface area (TPSA) is 12.0 Å². The molecule has 1 unspecified atom stereocenters. The van der Waals surface area contributed by atoms with Gasteiger partial charge in [-0.25, -0.2) is 8.78 Å². The average Bonchev–Trinajstić information content (AvgIpc) is 2.98. The predicted octanol–water partition coefficient (Wildman–Crippen LogP) is 8.22. The van der Waals surface area contributed by atoms with Crippen LogP contribution in [0.5, 0.6) is 0 Å². The van der Waals surface area contributed by atoms with Crippen LogP contribution in [0.25, 0.3) is 5.57 Å². The standard InChI is InChI=1S/C26H33F2N/c1-3-4-5-6-7-8-9-12-18-29-23-17-11-10-14-20(23)25-21-15-13-16-22(27)24(21)19(2)26(25)28/h10-11,13-17,25,29H,3-9,12,18H2,1-2H3. The summed E-state index contributed by atoms with van der Waals surface area (Å²) in [6.45, 7) is 4.79. The lowest BCUT2D eigenvalue weighted by atomic mass is 9.91. The molecule has 0 amide bonds. The van der Waals surface area contributed by atoms with Crippen molar-refractivity contribution in [1.29, 1.82) is 0 Å². The first-order chi connectivity index (χ1) is 14.1. The number of nitrogens with one attached hydrogen (secondary N) is 1. The van der Waals surface area contributed by atoms with Crippen LogP contribution in [-0.4, -0.2) is 6.54 Å². The number of rotatable bonds is 11. The summed E-state index contributed by atoms with van der Waals surface area (Å²) < 4.78 is 29.4. The fourth-order valence-corrected chi connectivity index (χ4v) is 4.35. The van der Waals surface area contributed by atoms with Crippen molar-refractivity contribution in [2.75, 3.05) is 11.9 Å². The number of hydrogen-bond donors (Lipinski definition) is 1. The molecule has 1 N–H and O–H groups in total. The monoisotopic (exact) mass is 397 g/mol. The van der Waals surface area contributed by atoms with E-state index in [4.69, 9.17) is 0 Å². The first-order valence-electron chi connectivity index (χ1n) is 11.1. The van der Waals surface area contributed by atoms with Gasteiger partial charge in [-0.1, -0.05) is 82.2 Å². The molecule has 0 fully saturated rings. The third-order valence-electron chi connectivity index (χ3n) is 5.96. The minimum atomic E-state index is -0.525. The van der Waals surface area contributed by atoms with Gasteiger partial charge in [-0.05, 0) is 42.2 Å². The Morgan fingerprint density at radius 1 is 0.793 bits per heavy atom. The Balaban J connectivity index is 1.62. The lowest BCUT2D eigenvalue weighted by Crippen LogP contribution is -2.08. The lowest BCUT2D eigenvalue weighted by Gasteiger charge is -2.18. The maximum absolute atomic E-state index is 15.1. The fraction of sp³-hybridized carbons (Fsp3) is 0.462. The largest absolute Gasteiger partial charge is 0.385 e. The zero-order chi connectivity index (χ0) is 20.6. The van der Waals surface area contributed by atoms with Gasteiger partial charge in [-0.2, -0.15) is 0 Å². The molecule has 1 atom stereocenters. The number of para-hydroxylation sites is 1. The molecule has 1 nitrogen and oxygen atoms in total. The van der Waals surface area contributed by atoms with Crippen LogP contribution in [0.4, 0.5) is 14.5 Å². The van der Waals surface area contributed by atoms with Gasteiger partial charge in [0, 0.05) is 17.8 Å². The minimum Gasteiger partial charge on any atom is -0.385 e. The second-order valence-corrected chi connectivity index (χ2v) is 8.10. The van der Waals surface area contributed by atoms with Gasteiger partial charge >= 0.3 is 0 Å².